The number of unbranched alkanes of at least 4 members (excludes halogenated alkanes) is 5. The van der Waals surface area contributed by atoms with Crippen LogP contribution in [-0.2, 0) is 4.79 Å². The first-order chi connectivity index (χ1) is 7.90. The molecule has 3 nitrogen and oxygen atoms in total. The van der Waals surface area contributed by atoms with Gasteiger partial charge < -0.3 is 10.8 Å². The van der Waals surface area contributed by atoms with Gasteiger partial charge in [0, 0.05) is 5.54 Å². The fraction of sp³-hybridized carbons (Fsp3) is 0.929. The molecule has 0 aromatic rings. The van der Waals surface area contributed by atoms with Gasteiger partial charge in [0.25, 0.3) is 6.47 Å². The third-order valence-electron chi connectivity index (χ3n) is 3.26. The number of carboxylic acid groups (broad SMARTS) is 1. The van der Waals surface area contributed by atoms with Gasteiger partial charge in [-0.2, -0.15) is 0 Å². The Kier molecular flexibility index (Phi) is 13.2. The average molecular weight is 245 g/mol. The molecule has 1 atom stereocenters. The Labute approximate surface area is 107 Å². The van der Waals surface area contributed by atoms with E-state index in [-0.39, 0.29) is 12.0 Å². The maximum Gasteiger partial charge on any atom is 0.290 e. The largest absolute Gasteiger partial charge is 0.483 e. The van der Waals surface area contributed by atoms with E-state index in [2.05, 4.69) is 27.7 Å². The number of hydrogen-bond acceptors (Lipinski definition) is 2. The molecule has 0 heterocycles. The normalized spacial score (nSPS) is 12.5. The number of rotatable bonds is 8. The van der Waals surface area contributed by atoms with Crippen LogP contribution in [0.4, 0.5) is 0 Å². The van der Waals surface area contributed by atoms with Gasteiger partial charge in [0.15, 0.2) is 0 Å². The summed E-state index contributed by atoms with van der Waals surface area (Å²) in [6, 6.07) is 0. The molecule has 0 aromatic carbocycles. The third-order valence-corrected chi connectivity index (χ3v) is 3.26. The maximum absolute atomic E-state index is 8.36. The Balaban J connectivity index is 0. The fourth-order valence-electron chi connectivity index (χ4n) is 1.60. The first-order valence-electron chi connectivity index (χ1n) is 6.76. The molecular weight excluding hydrogens is 214 g/mol. The van der Waals surface area contributed by atoms with Crippen molar-refractivity contribution in [2.45, 2.75) is 78.2 Å². The molecule has 0 fully saturated rings. The molecule has 0 aliphatic rings. The van der Waals surface area contributed by atoms with E-state index in [0.29, 0.717) is 5.92 Å². The van der Waals surface area contributed by atoms with Gasteiger partial charge in [-0.3, -0.25) is 4.79 Å². The molecule has 3 heteroatoms. The molecule has 0 aliphatic heterocycles. The molecule has 0 saturated carbocycles. The van der Waals surface area contributed by atoms with E-state index < -0.39 is 0 Å². The number of nitrogens with two attached hydrogens (primary N) is 1. The highest BCUT2D eigenvalue weighted by Gasteiger charge is 2.19. The molecule has 0 radical (unpaired) electrons. The van der Waals surface area contributed by atoms with E-state index in [0.717, 1.165) is 0 Å². The SMILES string of the molecule is CCCCCCCCC(C)C(C)(C)N.O=CO. The summed E-state index contributed by atoms with van der Waals surface area (Å²) in [6.07, 6.45) is 9.59. The minimum Gasteiger partial charge on any atom is -0.483 e. The Morgan fingerprint density at radius 3 is 2.00 bits per heavy atom. The second kappa shape index (κ2) is 11.9. The second-order valence-corrected chi connectivity index (χ2v) is 5.38. The summed E-state index contributed by atoms with van der Waals surface area (Å²) in [5, 5.41) is 6.89. The number of hydrogen-bond donors (Lipinski definition) is 2. The Bertz CT molecular complexity index is 164. The van der Waals surface area contributed by atoms with Gasteiger partial charge in [0.2, 0.25) is 0 Å². The minimum atomic E-state index is -0.250. The van der Waals surface area contributed by atoms with Crippen molar-refractivity contribution in [3.05, 3.63) is 0 Å². The molecule has 0 spiro atoms. The Morgan fingerprint density at radius 1 is 1.18 bits per heavy atom. The van der Waals surface area contributed by atoms with Crippen LogP contribution in [0, 0.1) is 5.92 Å². The quantitative estimate of drug-likeness (QED) is 0.505. The van der Waals surface area contributed by atoms with Crippen molar-refractivity contribution in [3.8, 4) is 0 Å². The van der Waals surface area contributed by atoms with Crippen LogP contribution in [0.2, 0.25) is 0 Å². The van der Waals surface area contributed by atoms with Crippen LogP contribution in [0.25, 0.3) is 0 Å². The highest BCUT2D eigenvalue weighted by atomic mass is 16.3. The van der Waals surface area contributed by atoms with Crippen molar-refractivity contribution in [1.29, 1.82) is 0 Å². The van der Waals surface area contributed by atoms with Crippen molar-refractivity contribution in [2.24, 2.45) is 11.7 Å². The molecule has 17 heavy (non-hydrogen) atoms. The average Bonchev–Trinajstić information content (AvgIpc) is 2.22. The van der Waals surface area contributed by atoms with Crippen LogP contribution >= 0.6 is 0 Å². The fourth-order valence-corrected chi connectivity index (χ4v) is 1.60. The molecule has 0 aromatic heterocycles. The minimum absolute atomic E-state index is 0.00339. The highest BCUT2D eigenvalue weighted by Crippen LogP contribution is 2.20. The summed E-state index contributed by atoms with van der Waals surface area (Å²) in [6.45, 7) is 8.55. The van der Waals surface area contributed by atoms with Crippen molar-refractivity contribution >= 4 is 6.47 Å². The van der Waals surface area contributed by atoms with E-state index >= 15 is 0 Å². The lowest BCUT2D eigenvalue weighted by molar-refractivity contribution is -0.122. The topological polar surface area (TPSA) is 63.3 Å². The van der Waals surface area contributed by atoms with Crippen molar-refractivity contribution in [2.75, 3.05) is 0 Å². The zero-order chi connectivity index (χ0) is 13.7. The van der Waals surface area contributed by atoms with Crippen LogP contribution in [0.1, 0.15) is 72.6 Å². The smallest absolute Gasteiger partial charge is 0.290 e. The van der Waals surface area contributed by atoms with Gasteiger partial charge in [0.1, 0.15) is 0 Å². The number of carbonyl (C=O) groups is 1. The van der Waals surface area contributed by atoms with E-state index in [1.165, 1.54) is 44.9 Å². The van der Waals surface area contributed by atoms with Crippen LogP contribution in [-0.4, -0.2) is 17.1 Å². The molecule has 0 saturated heterocycles. The summed E-state index contributed by atoms with van der Waals surface area (Å²) >= 11 is 0. The van der Waals surface area contributed by atoms with Crippen molar-refractivity contribution in [3.63, 3.8) is 0 Å². The molecule has 0 amide bonds. The summed E-state index contributed by atoms with van der Waals surface area (Å²) < 4.78 is 0. The van der Waals surface area contributed by atoms with Gasteiger partial charge in [-0.25, -0.2) is 0 Å². The second-order valence-electron chi connectivity index (χ2n) is 5.38. The molecular formula is C14H31NO2. The van der Waals surface area contributed by atoms with Gasteiger partial charge in [-0.1, -0.05) is 52.4 Å². The lowest BCUT2D eigenvalue weighted by Crippen LogP contribution is -2.39. The van der Waals surface area contributed by atoms with Gasteiger partial charge >= 0.3 is 0 Å². The summed E-state index contributed by atoms with van der Waals surface area (Å²) in [7, 11) is 0. The van der Waals surface area contributed by atoms with E-state index in [4.69, 9.17) is 15.6 Å². The lowest BCUT2D eigenvalue weighted by atomic mass is 9.86. The van der Waals surface area contributed by atoms with Crippen LogP contribution in [0.15, 0.2) is 0 Å². The molecule has 104 valence electrons. The van der Waals surface area contributed by atoms with E-state index in [1.807, 2.05) is 0 Å². The molecule has 3 N–H and O–H groups in total. The van der Waals surface area contributed by atoms with Gasteiger partial charge in [-0.05, 0) is 26.2 Å². The zero-order valence-corrected chi connectivity index (χ0v) is 12.0. The van der Waals surface area contributed by atoms with E-state index in [1.54, 1.807) is 0 Å². The molecule has 0 aliphatic carbocycles. The van der Waals surface area contributed by atoms with Crippen LogP contribution < -0.4 is 5.73 Å². The zero-order valence-electron chi connectivity index (χ0n) is 12.0. The first kappa shape index (κ1) is 18.8. The standard InChI is InChI=1S/C13H29N.CH2O2/c1-5-6-7-8-9-10-11-12(2)13(3,4)14;2-1-3/h12H,5-11,14H2,1-4H3;1H,(H,2,3). The predicted molar refractivity (Wildman–Crippen MR) is 74.1 cm³/mol. The summed E-state index contributed by atoms with van der Waals surface area (Å²) in [5.74, 6) is 0.647. The molecule has 1 unspecified atom stereocenters. The van der Waals surface area contributed by atoms with Crippen molar-refractivity contribution < 1.29 is 9.90 Å². The van der Waals surface area contributed by atoms with Gasteiger partial charge in [-0.15, -0.1) is 0 Å². The third kappa shape index (κ3) is 15.4. The Morgan fingerprint density at radius 2 is 1.59 bits per heavy atom. The predicted octanol–water partition coefficient (Wildman–Crippen LogP) is 3.81. The molecule has 0 bridgehead atoms. The van der Waals surface area contributed by atoms with Crippen molar-refractivity contribution in [1.82, 2.24) is 0 Å². The summed E-state index contributed by atoms with van der Waals surface area (Å²) in [5.41, 5.74) is 6.04. The van der Waals surface area contributed by atoms with E-state index in [9.17, 15) is 0 Å². The summed E-state index contributed by atoms with van der Waals surface area (Å²) in [4.78, 5) is 8.36. The van der Waals surface area contributed by atoms with Crippen LogP contribution in [0.3, 0.4) is 0 Å². The lowest BCUT2D eigenvalue weighted by Gasteiger charge is -2.27. The first-order valence-corrected chi connectivity index (χ1v) is 6.76. The monoisotopic (exact) mass is 245 g/mol. The Hall–Kier alpha value is -0.570. The van der Waals surface area contributed by atoms with Gasteiger partial charge in [0.05, 0.1) is 0 Å². The maximum atomic E-state index is 8.36. The molecule has 0 rings (SSSR count). The van der Waals surface area contributed by atoms with Crippen LogP contribution in [0.5, 0.6) is 0 Å². The highest BCUT2D eigenvalue weighted by molar-refractivity contribution is 5.32.